The zero-order valence-electron chi connectivity index (χ0n) is 22.2. The number of rotatable bonds is 6. The topological polar surface area (TPSA) is 118 Å². The molecule has 1 atom stereocenters. The van der Waals surface area contributed by atoms with Crippen LogP contribution in [-0.4, -0.2) is 51.3 Å². The first-order valence-electron chi connectivity index (χ1n) is 12.2. The molecule has 2 N–H and O–H groups in total. The summed E-state index contributed by atoms with van der Waals surface area (Å²) in [6, 6.07) is 8.87. The van der Waals surface area contributed by atoms with Crippen molar-refractivity contribution in [2.45, 2.75) is 63.1 Å². The largest absolute Gasteiger partial charge is 0.444 e. The minimum Gasteiger partial charge on any atom is -0.444 e. The highest BCUT2D eigenvalue weighted by molar-refractivity contribution is 7.99. The first-order chi connectivity index (χ1) is 18.3. The second kappa shape index (κ2) is 11.1. The van der Waals surface area contributed by atoms with Crippen molar-refractivity contribution in [2.75, 3.05) is 17.3 Å². The van der Waals surface area contributed by atoms with E-state index in [1.165, 1.54) is 28.8 Å². The number of aromatic nitrogens is 2. The number of thioether (sulfide) groups is 1. The number of aliphatic hydroxyl groups is 1. The molecule has 1 aliphatic rings. The second-order valence-electron chi connectivity index (χ2n) is 10.8. The molecular formula is C27H30ClFN4O5S. The summed E-state index contributed by atoms with van der Waals surface area (Å²) in [7, 11) is 0. The van der Waals surface area contributed by atoms with E-state index >= 15 is 4.39 Å². The lowest BCUT2D eigenvalue weighted by Crippen LogP contribution is -2.50. The SMILES string of the molecule is CC(C)(C)OC(=O)N[C@H]1CSc2cc(F)c(-c3nc(C(C)(C)CO)no3)cc2N(Cc2ccc(Cl)cc2)C1=O. The number of carbonyl (C=O) groups is 2. The molecule has 0 bridgehead atoms. The molecule has 0 saturated heterocycles. The highest BCUT2D eigenvalue weighted by Crippen LogP contribution is 2.40. The number of alkyl carbamates (subject to hydrolysis) is 1. The quantitative estimate of drug-likeness (QED) is 0.404. The Labute approximate surface area is 235 Å². The van der Waals surface area contributed by atoms with Gasteiger partial charge < -0.3 is 24.6 Å². The number of fused-ring (bicyclic) bond motifs is 1. The van der Waals surface area contributed by atoms with Gasteiger partial charge in [0.15, 0.2) is 5.82 Å². The lowest BCUT2D eigenvalue weighted by molar-refractivity contribution is -0.120. The van der Waals surface area contributed by atoms with Crippen LogP contribution in [0.2, 0.25) is 5.02 Å². The van der Waals surface area contributed by atoms with Crippen LogP contribution in [0.1, 0.15) is 46.0 Å². The molecule has 1 aromatic heterocycles. The number of carbonyl (C=O) groups excluding carboxylic acids is 2. The molecule has 2 heterocycles. The van der Waals surface area contributed by atoms with Crippen LogP contribution in [0, 0.1) is 5.82 Å². The monoisotopic (exact) mass is 576 g/mol. The standard InChI is InChI=1S/C27H30ClFN4O5S/c1-26(2,3)37-25(36)30-19-13-39-21-11-18(29)17(22-31-24(32-38-22)27(4,5)14-34)10-20(21)33(23(19)35)12-15-6-8-16(28)9-7-15/h6-11,19,34H,12-14H2,1-5H3,(H,30,36)/t19-/m0/s1. The summed E-state index contributed by atoms with van der Waals surface area (Å²) < 4.78 is 26.1. The molecule has 2 aromatic carbocycles. The predicted octanol–water partition coefficient (Wildman–Crippen LogP) is 5.33. The minimum atomic E-state index is -0.934. The van der Waals surface area contributed by atoms with Gasteiger partial charge in [-0.15, -0.1) is 11.8 Å². The van der Waals surface area contributed by atoms with E-state index in [4.69, 9.17) is 20.9 Å². The Morgan fingerprint density at radius 1 is 1.26 bits per heavy atom. The van der Waals surface area contributed by atoms with Gasteiger partial charge in [0.25, 0.3) is 11.8 Å². The molecule has 0 saturated carbocycles. The normalized spacial score (nSPS) is 16.1. The van der Waals surface area contributed by atoms with Crippen LogP contribution in [0.15, 0.2) is 45.8 Å². The number of aliphatic hydroxyl groups excluding tert-OH is 1. The molecule has 39 heavy (non-hydrogen) atoms. The molecule has 1 aliphatic heterocycles. The molecule has 12 heteroatoms. The van der Waals surface area contributed by atoms with Gasteiger partial charge in [0.05, 0.1) is 29.8 Å². The Morgan fingerprint density at radius 3 is 2.59 bits per heavy atom. The van der Waals surface area contributed by atoms with Crippen LogP contribution < -0.4 is 10.2 Å². The lowest BCUT2D eigenvalue weighted by Gasteiger charge is -2.27. The Morgan fingerprint density at radius 2 is 1.95 bits per heavy atom. The molecule has 4 rings (SSSR count). The first kappa shape index (κ1) is 28.8. The number of hydrogen-bond acceptors (Lipinski definition) is 8. The molecule has 0 spiro atoms. The molecule has 0 radical (unpaired) electrons. The number of nitrogens with zero attached hydrogens (tertiary/aromatic N) is 3. The maximum absolute atomic E-state index is 15.4. The molecule has 9 nitrogen and oxygen atoms in total. The molecule has 0 fully saturated rings. The Bertz CT molecular complexity index is 1370. The van der Waals surface area contributed by atoms with Crippen LogP contribution in [0.4, 0.5) is 14.9 Å². The summed E-state index contributed by atoms with van der Waals surface area (Å²) in [4.78, 5) is 32.7. The Hall–Kier alpha value is -3.15. The molecule has 2 amide bonds. The number of halogens is 2. The van der Waals surface area contributed by atoms with Crippen LogP contribution in [0.3, 0.4) is 0 Å². The highest BCUT2D eigenvalue weighted by Gasteiger charge is 2.35. The molecule has 0 aliphatic carbocycles. The van der Waals surface area contributed by atoms with Gasteiger partial charge in [-0.2, -0.15) is 4.98 Å². The fourth-order valence-corrected chi connectivity index (χ4v) is 4.95. The first-order valence-corrected chi connectivity index (χ1v) is 13.6. The predicted molar refractivity (Wildman–Crippen MR) is 146 cm³/mol. The number of hydrogen-bond donors (Lipinski definition) is 2. The van der Waals surface area contributed by atoms with Crippen molar-refractivity contribution in [1.29, 1.82) is 0 Å². The number of nitrogens with one attached hydrogen (secondary N) is 1. The van der Waals surface area contributed by atoms with Gasteiger partial charge in [-0.05, 0) is 50.6 Å². The molecule has 208 valence electrons. The summed E-state index contributed by atoms with van der Waals surface area (Å²) in [6.07, 6.45) is -0.726. The summed E-state index contributed by atoms with van der Waals surface area (Å²) in [5.74, 6) is -0.707. The lowest BCUT2D eigenvalue weighted by atomic mass is 9.94. The molecule has 3 aromatic rings. The summed E-state index contributed by atoms with van der Waals surface area (Å²) in [5.41, 5.74) is -0.336. The van der Waals surface area contributed by atoms with E-state index in [2.05, 4.69) is 15.5 Å². The number of amides is 2. The smallest absolute Gasteiger partial charge is 0.408 e. The zero-order valence-corrected chi connectivity index (χ0v) is 23.8. The Kier molecular flexibility index (Phi) is 8.25. The fourth-order valence-electron chi connectivity index (χ4n) is 3.75. The summed E-state index contributed by atoms with van der Waals surface area (Å²) in [5, 5.41) is 16.8. The van der Waals surface area contributed by atoms with E-state index in [0.29, 0.717) is 15.6 Å². The maximum Gasteiger partial charge on any atom is 0.408 e. The molecular weight excluding hydrogens is 547 g/mol. The van der Waals surface area contributed by atoms with Crippen LogP contribution in [0.25, 0.3) is 11.5 Å². The van der Waals surface area contributed by atoms with Crippen molar-refractivity contribution in [3.8, 4) is 11.5 Å². The van der Waals surface area contributed by atoms with Crippen molar-refractivity contribution >= 4 is 41.1 Å². The Balaban J connectivity index is 1.75. The number of ether oxygens (including phenoxy) is 1. The van der Waals surface area contributed by atoms with E-state index < -0.39 is 34.9 Å². The van der Waals surface area contributed by atoms with Crippen LogP contribution in [0.5, 0.6) is 0 Å². The van der Waals surface area contributed by atoms with E-state index in [0.717, 1.165) is 5.56 Å². The van der Waals surface area contributed by atoms with Crippen molar-refractivity contribution in [3.05, 3.63) is 58.6 Å². The highest BCUT2D eigenvalue weighted by atomic mass is 35.5. The third kappa shape index (κ3) is 6.71. The van der Waals surface area contributed by atoms with Gasteiger partial charge in [-0.1, -0.05) is 42.7 Å². The van der Waals surface area contributed by atoms with E-state index in [1.807, 2.05) is 0 Å². The van der Waals surface area contributed by atoms with E-state index in [1.54, 1.807) is 58.9 Å². The van der Waals surface area contributed by atoms with E-state index in [-0.39, 0.29) is 36.2 Å². The fraction of sp³-hybridized carbons (Fsp3) is 0.407. The zero-order chi connectivity index (χ0) is 28.5. The van der Waals surface area contributed by atoms with E-state index in [9.17, 15) is 14.7 Å². The van der Waals surface area contributed by atoms with Crippen molar-refractivity contribution in [2.24, 2.45) is 0 Å². The van der Waals surface area contributed by atoms with Crippen molar-refractivity contribution in [1.82, 2.24) is 15.5 Å². The van der Waals surface area contributed by atoms with Crippen molar-refractivity contribution < 1.29 is 28.3 Å². The van der Waals surface area contributed by atoms with Gasteiger partial charge in [-0.25, -0.2) is 9.18 Å². The van der Waals surface area contributed by atoms with Gasteiger partial charge in [0.2, 0.25) is 0 Å². The number of benzene rings is 2. The molecule has 0 unspecified atom stereocenters. The third-order valence-corrected chi connectivity index (χ3v) is 7.30. The minimum absolute atomic E-state index is 0.00861. The number of anilines is 1. The third-order valence-electron chi connectivity index (χ3n) is 5.91. The van der Waals surface area contributed by atoms with Gasteiger partial charge >= 0.3 is 6.09 Å². The van der Waals surface area contributed by atoms with Crippen LogP contribution >= 0.6 is 23.4 Å². The van der Waals surface area contributed by atoms with Crippen LogP contribution in [-0.2, 0) is 21.5 Å². The van der Waals surface area contributed by atoms with Gasteiger partial charge in [-0.3, -0.25) is 4.79 Å². The maximum atomic E-state index is 15.4. The summed E-state index contributed by atoms with van der Waals surface area (Å²) >= 11 is 7.28. The van der Waals surface area contributed by atoms with Gasteiger partial charge in [0.1, 0.15) is 17.5 Å². The summed E-state index contributed by atoms with van der Waals surface area (Å²) in [6.45, 7) is 8.56. The van der Waals surface area contributed by atoms with Crippen molar-refractivity contribution in [3.63, 3.8) is 0 Å². The average Bonchev–Trinajstić information content (AvgIpc) is 3.32. The second-order valence-corrected chi connectivity index (χ2v) is 12.3. The van der Waals surface area contributed by atoms with Gasteiger partial charge in [0, 0.05) is 15.7 Å². The average molecular weight is 577 g/mol.